The molecule has 0 atom stereocenters. The van der Waals surface area contributed by atoms with Crippen LogP contribution in [-0.4, -0.2) is 27.3 Å². The quantitative estimate of drug-likeness (QED) is 0.496. The van der Waals surface area contributed by atoms with Crippen molar-refractivity contribution in [2.24, 2.45) is 0 Å². The molecule has 0 aliphatic rings. The molecule has 3 rings (SSSR count). The lowest BCUT2D eigenvalue weighted by Crippen LogP contribution is -2.43. The summed E-state index contributed by atoms with van der Waals surface area (Å²) in [5, 5.41) is 25.6. The monoisotopic (exact) mass is 343 g/mol. The van der Waals surface area contributed by atoms with Crippen LogP contribution in [0.25, 0.3) is 11.6 Å². The van der Waals surface area contributed by atoms with Gasteiger partial charge in [0, 0.05) is 0 Å². The number of aromatic nitrogens is 4. The van der Waals surface area contributed by atoms with Crippen LogP contribution in [0.5, 0.6) is 0 Å². The summed E-state index contributed by atoms with van der Waals surface area (Å²) in [6.45, 7) is 2.52. The Balaban J connectivity index is 2.25. The molecule has 0 radical (unpaired) electrons. The molecule has 0 bridgehead atoms. The highest BCUT2D eigenvalue weighted by atomic mass is 32.2. The van der Waals surface area contributed by atoms with E-state index >= 15 is 0 Å². The number of benzene rings is 1. The number of ether oxygens (including phenoxy) is 1. The predicted octanol–water partition coefficient (Wildman–Crippen LogP) is -0.552. The van der Waals surface area contributed by atoms with Gasteiger partial charge in [-0.05, 0) is 23.5 Å². The van der Waals surface area contributed by atoms with Crippen LogP contribution in [0.4, 0.5) is 0 Å². The third-order valence-electron chi connectivity index (χ3n) is 3.49. The molecule has 0 spiro atoms. The topological polar surface area (TPSA) is 90.2 Å². The van der Waals surface area contributed by atoms with E-state index < -0.39 is 5.95 Å². The van der Waals surface area contributed by atoms with Crippen molar-refractivity contribution in [2.45, 2.75) is 18.5 Å². The Bertz CT molecular complexity index is 972. The summed E-state index contributed by atoms with van der Waals surface area (Å²) in [7, 11) is 0. The van der Waals surface area contributed by atoms with Gasteiger partial charge >= 0.3 is 5.65 Å². The number of rotatable bonds is 5. The minimum Gasteiger partial charge on any atom is -0.611 e. The van der Waals surface area contributed by atoms with E-state index in [1.807, 2.05) is 36.6 Å². The second-order valence-electron chi connectivity index (χ2n) is 5.01. The first-order valence-electron chi connectivity index (χ1n) is 7.43. The summed E-state index contributed by atoms with van der Waals surface area (Å²) < 4.78 is 8.38. The maximum Gasteiger partial charge on any atom is 0.354 e. The standard InChI is InChI=1S/C16H17N5O2S/c1-3-23-16(22)12-14(24-2)19-13(17)15-20(12)10-18-21(15)9-11-7-5-4-6-8-11/h4-8,10H,3,9H2,1-2H3,(H-,17,19,22). The first kappa shape index (κ1) is 16.3. The maximum absolute atomic E-state index is 12.3. The summed E-state index contributed by atoms with van der Waals surface area (Å²) in [4.78, 5) is 4.24. The van der Waals surface area contributed by atoms with E-state index in [4.69, 9.17) is 10.1 Å². The molecule has 0 unspecified atom stereocenters. The van der Waals surface area contributed by atoms with Crippen molar-refractivity contribution in [2.75, 3.05) is 12.9 Å². The van der Waals surface area contributed by atoms with Crippen molar-refractivity contribution in [3.63, 3.8) is 0 Å². The molecule has 8 heteroatoms. The van der Waals surface area contributed by atoms with E-state index in [1.165, 1.54) is 18.1 Å². The number of nitrogens with zero attached hydrogens (tertiary/aromatic N) is 4. The molecule has 2 heterocycles. The van der Waals surface area contributed by atoms with Gasteiger partial charge in [-0.25, -0.2) is 4.98 Å². The maximum atomic E-state index is 12.3. The molecule has 24 heavy (non-hydrogen) atoms. The molecular weight excluding hydrogens is 326 g/mol. The minimum atomic E-state index is -0.469. The van der Waals surface area contributed by atoms with Gasteiger partial charge in [0.2, 0.25) is 11.8 Å². The molecule has 0 fully saturated rings. The first-order chi connectivity index (χ1) is 11.7. The largest absolute Gasteiger partial charge is 0.611 e. The van der Waals surface area contributed by atoms with Gasteiger partial charge in [0.25, 0.3) is 0 Å². The highest BCUT2D eigenvalue weighted by molar-refractivity contribution is 7.98. The van der Waals surface area contributed by atoms with Crippen LogP contribution in [-0.2, 0) is 11.3 Å². The zero-order valence-corrected chi connectivity index (χ0v) is 14.2. The molecule has 1 aromatic carbocycles. The number of fused-ring (bicyclic) bond motifs is 1. The van der Waals surface area contributed by atoms with Crippen molar-refractivity contribution in [3.05, 3.63) is 53.1 Å². The second kappa shape index (κ2) is 6.88. The number of thioether (sulfide) groups is 1. The predicted molar refractivity (Wildman–Crippen MR) is 86.6 cm³/mol. The van der Waals surface area contributed by atoms with Crippen molar-refractivity contribution >= 4 is 23.4 Å². The van der Waals surface area contributed by atoms with Crippen LogP contribution in [0, 0.1) is 5.41 Å². The lowest BCUT2D eigenvalue weighted by Gasteiger charge is -2.11. The average molecular weight is 343 g/mol. The van der Waals surface area contributed by atoms with Crippen LogP contribution in [0.2, 0.25) is 0 Å². The summed E-state index contributed by atoms with van der Waals surface area (Å²) in [5.74, 6) is -0.469. The Morgan fingerprint density at radius 3 is 2.79 bits per heavy atom. The van der Waals surface area contributed by atoms with Gasteiger partial charge in [0.1, 0.15) is 17.5 Å². The Kier molecular flexibility index (Phi) is 4.66. The average Bonchev–Trinajstić information content (AvgIpc) is 2.99. The molecule has 0 saturated carbocycles. The van der Waals surface area contributed by atoms with Crippen LogP contribution < -0.4 is 20.6 Å². The lowest BCUT2D eigenvalue weighted by molar-refractivity contribution is -0.720. The van der Waals surface area contributed by atoms with Crippen LogP contribution in [0.15, 0.2) is 41.7 Å². The molecule has 2 aromatic heterocycles. The van der Waals surface area contributed by atoms with Crippen LogP contribution >= 0.6 is 11.8 Å². The van der Waals surface area contributed by atoms with E-state index in [2.05, 4.69) is 10.1 Å². The van der Waals surface area contributed by atoms with Gasteiger partial charge < -0.3 is 9.84 Å². The van der Waals surface area contributed by atoms with Gasteiger partial charge in [-0.15, -0.1) is 16.4 Å². The van der Waals surface area contributed by atoms with Gasteiger partial charge in [-0.3, -0.25) is 5.41 Å². The minimum absolute atomic E-state index is 0.0702. The van der Waals surface area contributed by atoms with E-state index in [9.17, 15) is 5.11 Å². The molecule has 0 saturated heterocycles. The highest BCUT2D eigenvalue weighted by Crippen LogP contribution is 2.05. The van der Waals surface area contributed by atoms with Crippen LogP contribution in [0.3, 0.4) is 0 Å². The van der Waals surface area contributed by atoms with Gasteiger partial charge in [-0.2, -0.15) is 4.40 Å². The zero-order chi connectivity index (χ0) is 17.1. The first-order valence-corrected chi connectivity index (χ1v) is 8.66. The van der Waals surface area contributed by atoms with E-state index in [1.54, 1.807) is 16.0 Å². The van der Waals surface area contributed by atoms with Gasteiger partial charge in [0.15, 0.2) is 5.35 Å². The van der Waals surface area contributed by atoms with E-state index in [0.29, 0.717) is 22.6 Å². The molecule has 0 aliphatic carbocycles. The fraction of sp³-hybridized carbons (Fsp3) is 0.250. The Hall–Kier alpha value is -2.61. The summed E-state index contributed by atoms with van der Waals surface area (Å²) in [5.41, 5.74) is 1.58. The van der Waals surface area contributed by atoms with Crippen molar-refractivity contribution in [1.29, 1.82) is 5.41 Å². The summed E-state index contributed by atoms with van der Waals surface area (Å²) in [6.07, 6.45) is 3.34. The third kappa shape index (κ3) is 2.92. The fourth-order valence-corrected chi connectivity index (χ4v) is 3.01. The molecule has 7 nitrogen and oxygen atoms in total. The number of hydrogen-bond donors (Lipinski definition) is 1. The molecule has 0 aliphatic heterocycles. The zero-order valence-electron chi connectivity index (χ0n) is 13.4. The molecule has 124 valence electrons. The Morgan fingerprint density at radius 2 is 2.12 bits per heavy atom. The fourth-order valence-electron chi connectivity index (χ4n) is 2.45. The third-order valence-corrected chi connectivity index (χ3v) is 4.16. The summed E-state index contributed by atoms with van der Waals surface area (Å²) in [6, 6.07) is 9.81. The summed E-state index contributed by atoms with van der Waals surface area (Å²) >= 11 is 1.30. The van der Waals surface area contributed by atoms with Gasteiger partial charge in [-0.1, -0.05) is 37.3 Å². The van der Waals surface area contributed by atoms with Gasteiger partial charge in [0.05, 0.1) is 0 Å². The second-order valence-corrected chi connectivity index (χ2v) is 5.80. The van der Waals surface area contributed by atoms with Crippen molar-refractivity contribution in [1.82, 2.24) is 14.5 Å². The smallest absolute Gasteiger partial charge is 0.354 e. The number of hydrogen-bond acceptors (Lipinski definition) is 6. The van der Waals surface area contributed by atoms with E-state index in [-0.39, 0.29) is 12.1 Å². The van der Waals surface area contributed by atoms with E-state index in [0.717, 1.165) is 5.56 Å². The van der Waals surface area contributed by atoms with Crippen molar-refractivity contribution in [3.8, 4) is 0 Å². The highest BCUT2D eigenvalue weighted by Gasteiger charge is 2.19. The number of nitrogens with one attached hydrogen (secondary N) is 1. The van der Waals surface area contributed by atoms with Crippen molar-refractivity contribution < 1.29 is 14.5 Å². The molecule has 1 N–H and O–H groups in total. The Labute approximate surface area is 142 Å². The molecule has 3 aromatic rings. The molecule has 0 amide bonds. The normalized spacial score (nSPS) is 12.4. The van der Waals surface area contributed by atoms with Crippen LogP contribution in [0.1, 0.15) is 12.5 Å². The Morgan fingerprint density at radius 1 is 1.38 bits per heavy atom. The molecular formula is C16H17N5O2S. The lowest BCUT2D eigenvalue weighted by atomic mass is 10.2. The SMILES string of the molecule is CCO/C([O-])=c1\c(SC)nc(=N)c2n1cn[n+]2Cc1ccccc1.